The van der Waals surface area contributed by atoms with Gasteiger partial charge in [0, 0.05) is 30.1 Å². The zero-order valence-corrected chi connectivity index (χ0v) is 16.6. The maximum Gasteiger partial charge on any atom is 0.378 e. The van der Waals surface area contributed by atoms with Crippen LogP contribution in [-0.2, 0) is 21.1 Å². The molecule has 1 aliphatic rings. The van der Waals surface area contributed by atoms with Crippen molar-refractivity contribution in [3.8, 4) is 5.75 Å². The topological polar surface area (TPSA) is 186 Å². The number of benzene rings is 1. The van der Waals surface area contributed by atoms with E-state index < -0.39 is 59.7 Å². The van der Waals surface area contributed by atoms with Crippen LogP contribution in [0.25, 0.3) is 0 Å². The zero-order valence-electron chi connectivity index (χ0n) is 14.9. The number of aromatic amines is 1. The summed E-state index contributed by atoms with van der Waals surface area (Å²) >= 11 is 4.90. The fourth-order valence-corrected chi connectivity index (χ4v) is 4.39. The largest absolute Gasteiger partial charge is 0.417 e. The molecule has 0 radical (unpaired) electrons. The van der Waals surface area contributed by atoms with Crippen molar-refractivity contribution in [2.24, 2.45) is 0 Å². The third-order valence-electron chi connectivity index (χ3n) is 4.15. The van der Waals surface area contributed by atoms with Crippen molar-refractivity contribution in [1.82, 2.24) is 9.55 Å². The molecule has 162 valence electrons. The summed E-state index contributed by atoms with van der Waals surface area (Å²) < 4.78 is 16.7. The van der Waals surface area contributed by atoms with Crippen LogP contribution in [-0.4, -0.2) is 54.5 Å². The molecule has 0 aliphatic carbocycles. The van der Waals surface area contributed by atoms with E-state index in [2.05, 4.69) is 0 Å². The first-order valence-electron chi connectivity index (χ1n) is 8.33. The van der Waals surface area contributed by atoms with Crippen LogP contribution in [0.4, 0.5) is 5.69 Å². The van der Waals surface area contributed by atoms with Crippen molar-refractivity contribution in [2.75, 3.05) is 6.61 Å². The van der Waals surface area contributed by atoms with Crippen molar-refractivity contribution in [1.29, 1.82) is 0 Å². The van der Waals surface area contributed by atoms with Crippen molar-refractivity contribution in [2.45, 2.75) is 24.5 Å². The van der Waals surface area contributed by atoms with Crippen LogP contribution in [0.2, 0.25) is 0 Å². The Morgan fingerprint density at radius 2 is 2.03 bits per heavy atom. The number of ether oxygens (including phenoxy) is 1. The van der Waals surface area contributed by atoms with Gasteiger partial charge in [-0.2, -0.15) is 0 Å². The number of aliphatic hydroxyl groups is 2. The van der Waals surface area contributed by atoms with Gasteiger partial charge in [0.15, 0.2) is 6.23 Å². The molecule has 0 saturated carbocycles. The highest BCUT2D eigenvalue weighted by Crippen LogP contribution is 2.50. The third kappa shape index (κ3) is 4.65. The Morgan fingerprint density at radius 3 is 2.67 bits per heavy atom. The summed E-state index contributed by atoms with van der Waals surface area (Å²) in [5, 5.41) is 31.2. The van der Waals surface area contributed by atoms with Gasteiger partial charge in [0.1, 0.15) is 18.3 Å². The molecule has 1 aromatic heterocycles. The number of rotatable bonds is 7. The van der Waals surface area contributed by atoms with E-state index in [1.54, 1.807) is 0 Å². The Labute approximate surface area is 172 Å². The number of H-pyrrole nitrogens is 1. The van der Waals surface area contributed by atoms with E-state index in [1.165, 1.54) is 18.2 Å². The second-order valence-electron chi connectivity index (χ2n) is 6.11. The number of aromatic nitrogens is 2. The lowest BCUT2D eigenvalue weighted by atomic mass is 10.1. The molecule has 30 heavy (non-hydrogen) atoms. The zero-order chi connectivity index (χ0) is 22.1. The van der Waals surface area contributed by atoms with Gasteiger partial charge >= 0.3 is 18.1 Å². The summed E-state index contributed by atoms with van der Waals surface area (Å²) in [5.41, 5.74) is -2.02. The summed E-state index contributed by atoms with van der Waals surface area (Å²) in [6, 6.07) is 6.16. The standard InChI is InChI=1S/C15H16N3O10PS/c19-7-10-13(12(21)14(26-10)17-6-5-11(20)16-15(17)22)28-29(25,30)27-9-4-2-1-3-8(9)18(23)24/h1-6,10,12-14,19,21H,7H2,(H,25,30)(H,16,20,22)/t10-,12-,13-,14-,29?/m1/s1. The predicted octanol–water partition coefficient (Wildman–Crippen LogP) is -0.624. The van der Waals surface area contributed by atoms with E-state index in [9.17, 15) is 34.8 Å². The molecule has 0 amide bonds. The minimum Gasteiger partial charge on any atom is -0.417 e. The van der Waals surface area contributed by atoms with Gasteiger partial charge in [-0.1, -0.05) is 12.1 Å². The average molecular weight is 461 g/mol. The van der Waals surface area contributed by atoms with E-state index in [0.717, 1.165) is 22.9 Å². The van der Waals surface area contributed by atoms with Crippen molar-refractivity contribution >= 4 is 24.2 Å². The number of aliphatic hydroxyl groups excluding tert-OH is 2. The summed E-state index contributed by atoms with van der Waals surface area (Å²) in [7, 11) is 0. The Kier molecular flexibility index (Phi) is 6.47. The number of para-hydroxylation sites is 2. The van der Waals surface area contributed by atoms with Gasteiger partial charge in [0.25, 0.3) is 5.56 Å². The molecule has 3 rings (SSSR count). The lowest BCUT2D eigenvalue weighted by Crippen LogP contribution is -2.38. The van der Waals surface area contributed by atoms with Gasteiger partial charge in [0.05, 0.1) is 11.5 Å². The smallest absolute Gasteiger partial charge is 0.378 e. The minimum absolute atomic E-state index is 0.351. The van der Waals surface area contributed by atoms with Crippen molar-refractivity contribution in [3.05, 3.63) is 67.5 Å². The van der Waals surface area contributed by atoms with Gasteiger partial charge in [-0.05, 0) is 6.07 Å². The molecular formula is C15H16N3O10PS. The highest BCUT2D eigenvalue weighted by atomic mass is 32.5. The average Bonchev–Trinajstić information content (AvgIpc) is 2.97. The van der Waals surface area contributed by atoms with Gasteiger partial charge in [-0.15, -0.1) is 0 Å². The number of nitrogens with one attached hydrogen (secondary N) is 1. The number of nitrogens with zero attached hydrogens (tertiary/aromatic N) is 2. The molecule has 2 aromatic rings. The Hall–Kier alpha value is -2.45. The molecule has 2 heterocycles. The molecule has 1 aliphatic heterocycles. The van der Waals surface area contributed by atoms with Crippen LogP contribution in [0.5, 0.6) is 5.75 Å². The van der Waals surface area contributed by atoms with Gasteiger partial charge in [-0.3, -0.25) is 29.0 Å². The number of hydrogen-bond acceptors (Lipinski definition) is 10. The van der Waals surface area contributed by atoms with Gasteiger partial charge in [-0.25, -0.2) is 4.79 Å². The summed E-state index contributed by atoms with van der Waals surface area (Å²) in [4.78, 5) is 45.9. The highest BCUT2D eigenvalue weighted by molar-refractivity contribution is 8.07. The molecule has 1 fully saturated rings. The van der Waals surface area contributed by atoms with Crippen LogP contribution in [0.3, 0.4) is 0 Å². The normalized spacial score (nSPS) is 25.6. The maximum absolute atomic E-state index is 12.0. The third-order valence-corrected chi connectivity index (χ3v) is 5.56. The fraction of sp³-hybridized carbons (Fsp3) is 0.333. The molecule has 0 spiro atoms. The summed E-state index contributed by atoms with van der Waals surface area (Å²) in [6.07, 6.45) is -4.60. The van der Waals surface area contributed by atoms with Gasteiger partial charge < -0.3 is 24.4 Å². The first-order valence-corrected chi connectivity index (χ1v) is 10.9. The lowest BCUT2D eigenvalue weighted by molar-refractivity contribution is -0.385. The monoisotopic (exact) mass is 461 g/mol. The van der Waals surface area contributed by atoms with Gasteiger partial charge in [0.2, 0.25) is 5.75 Å². The lowest BCUT2D eigenvalue weighted by Gasteiger charge is -2.24. The van der Waals surface area contributed by atoms with E-state index in [1.807, 2.05) is 4.98 Å². The molecule has 5 atom stereocenters. The quantitative estimate of drug-likeness (QED) is 0.234. The van der Waals surface area contributed by atoms with E-state index in [0.29, 0.717) is 0 Å². The number of hydrogen-bond donors (Lipinski definition) is 4. The summed E-state index contributed by atoms with van der Waals surface area (Å²) in [6.45, 7) is -4.91. The number of nitro groups is 1. The van der Waals surface area contributed by atoms with E-state index in [4.69, 9.17) is 25.6 Å². The van der Waals surface area contributed by atoms with E-state index >= 15 is 0 Å². The van der Waals surface area contributed by atoms with Crippen LogP contribution < -0.4 is 15.8 Å². The molecule has 4 N–H and O–H groups in total. The van der Waals surface area contributed by atoms with Crippen LogP contribution in [0.15, 0.2) is 46.1 Å². The molecule has 0 bridgehead atoms. The summed E-state index contributed by atoms with van der Waals surface area (Å²) in [5.74, 6) is -0.351. The van der Waals surface area contributed by atoms with Crippen LogP contribution >= 0.6 is 6.72 Å². The van der Waals surface area contributed by atoms with Crippen molar-refractivity contribution < 1.29 is 33.8 Å². The van der Waals surface area contributed by atoms with E-state index in [-0.39, 0.29) is 5.75 Å². The Morgan fingerprint density at radius 1 is 1.33 bits per heavy atom. The molecule has 1 saturated heterocycles. The Bertz CT molecular complexity index is 1100. The Balaban J connectivity index is 1.84. The van der Waals surface area contributed by atoms with Crippen LogP contribution in [0.1, 0.15) is 6.23 Å². The predicted molar refractivity (Wildman–Crippen MR) is 103 cm³/mol. The number of nitro benzene ring substituents is 1. The fourth-order valence-electron chi connectivity index (χ4n) is 2.84. The first kappa shape index (κ1) is 22.2. The second-order valence-corrected chi connectivity index (χ2v) is 8.83. The SMILES string of the molecule is O=c1ccn([C@@H]2O[C@H](CO)[C@@H](OP(O)(=S)Oc3ccccc3[N+](=O)[O-])[C@H]2O)c(=O)[nH]1. The first-order chi connectivity index (χ1) is 14.1. The second kappa shape index (κ2) is 8.73. The maximum atomic E-state index is 12.0. The molecule has 1 aromatic carbocycles. The van der Waals surface area contributed by atoms with Crippen LogP contribution in [0, 0.1) is 10.1 Å². The molecule has 13 nitrogen and oxygen atoms in total. The molecule has 15 heteroatoms. The molecular weight excluding hydrogens is 445 g/mol. The van der Waals surface area contributed by atoms with Crippen molar-refractivity contribution in [3.63, 3.8) is 0 Å². The minimum atomic E-state index is -4.22. The highest BCUT2D eigenvalue weighted by Gasteiger charge is 2.48. The molecule has 1 unspecified atom stereocenters.